The molecular weight excluding hydrogens is 675 g/mol. The molecule has 1 nitrogen and oxygen atoms in total. The molecular formula is C55H43N. The molecule has 0 saturated carbocycles. The molecule has 3 aliphatic carbocycles. The van der Waals surface area contributed by atoms with Crippen LogP contribution in [-0.2, 0) is 16.2 Å². The number of fused-ring (bicyclic) bond motifs is 9. The summed E-state index contributed by atoms with van der Waals surface area (Å²) in [5, 5.41) is 0. The Morgan fingerprint density at radius 1 is 0.286 bits per heavy atom. The molecule has 0 amide bonds. The molecule has 8 aromatic carbocycles. The minimum atomic E-state index is -0.441. The Balaban J connectivity index is 1.17. The van der Waals surface area contributed by atoms with Gasteiger partial charge in [0.05, 0.1) is 5.41 Å². The number of benzene rings is 8. The van der Waals surface area contributed by atoms with Crippen LogP contribution in [0.4, 0.5) is 17.1 Å². The molecule has 0 N–H and O–H groups in total. The monoisotopic (exact) mass is 717 g/mol. The third-order valence-corrected chi connectivity index (χ3v) is 13.4. The summed E-state index contributed by atoms with van der Waals surface area (Å²) in [7, 11) is 0. The highest BCUT2D eigenvalue weighted by atomic mass is 15.1. The molecule has 268 valence electrons. The van der Waals surface area contributed by atoms with E-state index in [1.165, 1.54) is 77.9 Å². The molecule has 0 aromatic heterocycles. The Morgan fingerprint density at radius 3 is 1.04 bits per heavy atom. The summed E-state index contributed by atoms with van der Waals surface area (Å²) in [6, 6.07) is 70.7. The SMILES string of the molecule is CC1(C)c2ccccc2-c2cc(N(c3ccc4c(c3)-c3ccccc3C4(C)C)c3ccc4c(c3)-c3ccccc3C4(c3ccccc3)c3ccccc3)ccc21. The molecule has 0 aliphatic heterocycles. The van der Waals surface area contributed by atoms with Gasteiger partial charge in [-0.3, -0.25) is 0 Å². The standard InChI is InChI=1S/C55H43N/c1-53(2)47-24-14-11-21-41(47)44-33-38(27-30-49(44)53)56(39-28-31-50-45(34-39)42-22-12-15-25-48(42)54(50,3)4)40-29-32-52-46(35-40)43-23-13-16-26-51(43)55(52,36-17-7-5-8-18-36)37-19-9-6-10-20-37/h5-35H,1-4H3. The Bertz CT molecular complexity index is 2710. The van der Waals surface area contributed by atoms with E-state index in [9.17, 15) is 0 Å². The zero-order chi connectivity index (χ0) is 37.8. The fourth-order valence-electron chi connectivity index (χ4n) is 10.7. The number of hydrogen-bond donors (Lipinski definition) is 0. The number of rotatable bonds is 5. The van der Waals surface area contributed by atoms with Crippen molar-refractivity contribution in [1.82, 2.24) is 0 Å². The van der Waals surface area contributed by atoms with E-state index in [4.69, 9.17) is 0 Å². The van der Waals surface area contributed by atoms with E-state index in [2.05, 4.69) is 221 Å². The maximum atomic E-state index is 2.50. The summed E-state index contributed by atoms with van der Waals surface area (Å²) in [5.41, 5.74) is 21.5. The van der Waals surface area contributed by atoms with Crippen LogP contribution in [0.3, 0.4) is 0 Å². The Labute approximate surface area is 330 Å². The molecule has 0 atom stereocenters. The largest absolute Gasteiger partial charge is 0.310 e. The van der Waals surface area contributed by atoms with Gasteiger partial charge in [0, 0.05) is 27.9 Å². The van der Waals surface area contributed by atoms with Gasteiger partial charge in [0.15, 0.2) is 0 Å². The van der Waals surface area contributed by atoms with Crippen molar-refractivity contribution >= 4 is 17.1 Å². The van der Waals surface area contributed by atoms with Crippen molar-refractivity contribution in [1.29, 1.82) is 0 Å². The average molecular weight is 718 g/mol. The van der Waals surface area contributed by atoms with Crippen molar-refractivity contribution in [2.24, 2.45) is 0 Å². The topological polar surface area (TPSA) is 3.24 Å². The molecule has 0 radical (unpaired) electrons. The fourth-order valence-corrected chi connectivity index (χ4v) is 10.7. The highest BCUT2D eigenvalue weighted by Crippen LogP contribution is 2.58. The number of nitrogens with zero attached hydrogens (tertiary/aromatic N) is 1. The van der Waals surface area contributed by atoms with Crippen LogP contribution in [0.5, 0.6) is 0 Å². The summed E-state index contributed by atoms with van der Waals surface area (Å²) in [6.07, 6.45) is 0. The second kappa shape index (κ2) is 11.8. The van der Waals surface area contributed by atoms with Gasteiger partial charge in [-0.05, 0) is 114 Å². The van der Waals surface area contributed by atoms with Gasteiger partial charge in [-0.1, -0.05) is 179 Å². The third-order valence-electron chi connectivity index (χ3n) is 13.4. The number of anilines is 3. The lowest BCUT2D eigenvalue weighted by molar-refractivity contribution is 0.660. The van der Waals surface area contributed by atoms with Gasteiger partial charge in [-0.2, -0.15) is 0 Å². The molecule has 0 bridgehead atoms. The Hall–Kier alpha value is -6.44. The number of hydrogen-bond acceptors (Lipinski definition) is 1. The first-order valence-electron chi connectivity index (χ1n) is 19.9. The summed E-state index contributed by atoms with van der Waals surface area (Å²) >= 11 is 0. The van der Waals surface area contributed by atoms with Crippen molar-refractivity contribution in [2.75, 3.05) is 4.90 Å². The van der Waals surface area contributed by atoms with Gasteiger partial charge in [0.25, 0.3) is 0 Å². The highest BCUT2D eigenvalue weighted by molar-refractivity contribution is 5.93. The van der Waals surface area contributed by atoms with Gasteiger partial charge in [0.2, 0.25) is 0 Å². The van der Waals surface area contributed by atoms with Crippen molar-refractivity contribution in [3.63, 3.8) is 0 Å². The van der Waals surface area contributed by atoms with Crippen LogP contribution < -0.4 is 4.90 Å². The second-order valence-corrected chi connectivity index (χ2v) is 16.9. The quantitative estimate of drug-likeness (QED) is 0.171. The summed E-state index contributed by atoms with van der Waals surface area (Å²) in [5.74, 6) is 0. The molecule has 1 heteroatoms. The summed E-state index contributed by atoms with van der Waals surface area (Å²) < 4.78 is 0. The van der Waals surface area contributed by atoms with Gasteiger partial charge >= 0.3 is 0 Å². The molecule has 11 rings (SSSR count). The van der Waals surface area contributed by atoms with E-state index in [1.807, 2.05) is 0 Å². The lowest BCUT2D eigenvalue weighted by Crippen LogP contribution is -2.28. The molecule has 0 heterocycles. The van der Waals surface area contributed by atoms with E-state index in [0.717, 1.165) is 17.1 Å². The smallest absolute Gasteiger partial charge is 0.0713 e. The Kier molecular flexibility index (Phi) is 6.93. The summed E-state index contributed by atoms with van der Waals surface area (Å²) in [4.78, 5) is 2.50. The van der Waals surface area contributed by atoms with E-state index < -0.39 is 5.41 Å². The predicted octanol–water partition coefficient (Wildman–Crippen LogP) is 14.1. The first-order chi connectivity index (χ1) is 27.3. The normalized spacial score (nSPS) is 15.6. The van der Waals surface area contributed by atoms with Crippen LogP contribution in [0.2, 0.25) is 0 Å². The molecule has 3 aliphatic rings. The molecule has 56 heavy (non-hydrogen) atoms. The third kappa shape index (κ3) is 4.37. The zero-order valence-electron chi connectivity index (χ0n) is 32.3. The van der Waals surface area contributed by atoms with E-state index in [0.29, 0.717) is 0 Å². The van der Waals surface area contributed by atoms with Gasteiger partial charge in [0.1, 0.15) is 0 Å². The summed E-state index contributed by atoms with van der Waals surface area (Å²) in [6.45, 7) is 9.44. The van der Waals surface area contributed by atoms with E-state index in [1.54, 1.807) is 0 Å². The van der Waals surface area contributed by atoms with E-state index in [-0.39, 0.29) is 10.8 Å². The molecule has 0 spiro atoms. The molecule has 0 fully saturated rings. The predicted molar refractivity (Wildman–Crippen MR) is 234 cm³/mol. The van der Waals surface area contributed by atoms with Crippen LogP contribution >= 0.6 is 0 Å². The molecule has 0 saturated heterocycles. The first kappa shape index (κ1) is 32.9. The van der Waals surface area contributed by atoms with Crippen molar-refractivity contribution in [3.8, 4) is 33.4 Å². The van der Waals surface area contributed by atoms with Gasteiger partial charge in [-0.15, -0.1) is 0 Å². The minimum Gasteiger partial charge on any atom is -0.310 e. The van der Waals surface area contributed by atoms with Crippen LogP contribution in [-0.4, -0.2) is 0 Å². The molecule has 0 unspecified atom stereocenters. The zero-order valence-corrected chi connectivity index (χ0v) is 32.3. The van der Waals surface area contributed by atoms with Crippen molar-refractivity contribution in [3.05, 3.63) is 233 Å². The molecule has 8 aromatic rings. The van der Waals surface area contributed by atoms with Gasteiger partial charge < -0.3 is 4.90 Å². The van der Waals surface area contributed by atoms with Crippen LogP contribution in [0.15, 0.2) is 188 Å². The Morgan fingerprint density at radius 2 is 0.589 bits per heavy atom. The lowest BCUT2D eigenvalue weighted by Gasteiger charge is -2.34. The van der Waals surface area contributed by atoms with Crippen LogP contribution in [0.25, 0.3) is 33.4 Å². The minimum absolute atomic E-state index is 0.0619. The maximum Gasteiger partial charge on any atom is 0.0713 e. The highest BCUT2D eigenvalue weighted by Gasteiger charge is 2.46. The average Bonchev–Trinajstić information content (AvgIpc) is 3.76. The first-order valence-corrected chi connectivity index (χ1v) is 19.9. The van der Waals surface area contributed by atoms with E-state index >= 15 is 0 Å². The van der Waals surface area contributed by atoms with Crippen LogP contribution in [0, 0.1) is 0 Å². The lowest BCUT2D eigenvalue weighted by atomic mass is 9.68. The fraction of sp³-hybridized carbons (Fsp3) is 0.127. The van der Waals surface area contributed by atoms with Crippen molar-refractivity contribution in [2.45, 2.75) is 43.9 Å². The maximum absolute atomic E-state index is 2.50. The second-order valence-electron chi connectivity index (χ2n) is 16.9. The van der Waals surface area contributed by atoms with Crippen LogP contribution in [0.1, 0.15) is 72.2 Å². The van der Waals surface area contributed by atoms with Crippen molar-refractivity contribution < 1.29 is 0 Å². The van der Waals surface area contributed by atoms with Gasteiger partial charge in [-0.25, -0.2) is 0 Å².